The third kappa shape index (κ3) is 4.21. The Morgan fingerprint density at radius 2 is 1.35 bits per heavy atom. The molecule has 3 nitrogen and oxygen atoms in total. The smallest absolute Gasteiger partial charge is 0.325 e. The first-order valence-electron chi connectivity index (χ1n) is 8.51. The van der Waals surface area contributed by atoms with Crippen LogP contribution in [-0.2, 0) is 9.53 Å². The van der Waals surface area contributed by atoms with Crippen LogP contribution >= 0.6 is 0 Å². The Bertz CT molecular complexity index is 284. The Balaban J connectivity index is 1.97. The molecule has 0 aliphatic heterocycles. The average Bonchev–Trinajstić information content (AvgIpc) is 2.48. The SMILES string of the molecule is COC(=O)C(N)(CC1CCCCC1)CC1CCCCC1. The van der Waals surface area contributed by atoms with Crippen LogP contribution in [-0.4, -0.2) is 18.6 Å². The lowest BCUT2D eigenvalue weighted by molar-refractivity contribution is -0.149. The number of ether oxygens (including phenoxy) is 1. The molecule has 2 fully saturated rings. The largest absolute Gasteiger partial charge is 0.468 e. The van der Waals surface area contributed by atoms with Gasteiger partial charge in [-0.1, -0.05) is 64.2 Å². The van der Waals surface area contributed by atoms with Gasteiger partial charge in [-0.25, -0.2) is 0 Å². The lowest BCUT2D eigenvalue weighted by Crippen LogP contribution is -2.51. The molecule has 2 N–H and O–H groups in total. The molecule has 2 aliphatic carbocycles. The summed E-state index contributed by atoms with van der Waals surface area (Å²) in [5.41, 5.74) is 5.80. The second kappa shape index (κ2) is 7.44. The number of rotatable bonds is 5. The van der Waals surface area contributed by atoms with Crippen molar-refractivity contribution in [1.29, 1.82) is 0 Å². The molecule has 0 radical (unpaired) electrons. The molecule has 2 rings (SSSR count). The molecule has 2 saturated carbocycles. The predicted octanol–water partition coefficient (Wildman–Crippen LogP) is 3.80. The molecule has 0 amide bonds. The van der Waals surface area contributed by atoms with Gasteiger partial charge in [0.1, 0.15) is 5.54 Å². The zero-order chi connectivity index (χ0) is 14.4. The van der Waals surface area contributed by atoms with Crippen LogP contribution in [0.3, 0.4) is 0 Å². The molecule has 0 aromatic rings. The van der Waals surface area contributed by atoms with Crippen molar-refractivity contribution in [2.45, 2.75) is 82.6 Å². The van der Waals surface area contributed by atoms with E-state index >= 15 is 0 Å². The van der Waals surface area contributed by atoms with Crippen LogP contribution in [0, 0.1) is 11.8 Å². The van der Waals surface area contributed by atoms with Gasteiger partial charge in [0.05, 0.1) is 7.11 Å². The first kappa shape index (κ1) is 15.8. The van der Waals surface area contributed by atoms with Crippen molar-refractivity contribution in [2.75, 3.05) is 7.11 Å². The zero-order valence-corrected chi connectivity index (χ0v) is 13.0. The highest BCUT2D eigenvalue weighted by Crippen LogP contribution is 2.36. The van der Waals surface area contributed by atoms with Gasteiger partial charge in [0.15, 0.2) is 0 Å². The first-order valence-corrected chi connectivity index (χ1v) is 8.51. The molecular formula is C17H31NO2. The van der Waals surface area contributed by atoms with Crippen LogP contribution < -0.4 is 5.73 Å². The minimum absolute atomic E-state index is 0.186. The van der Waals surface area contributed by atoms with Crippen molar-refractivity contribution in [2.24, 2.45) is 17.6 Å². The summed E-state index contributed by atoms with van der Waals surface area (Å²) in [6.07, 6.45) is 14.5. The fourth-order valence-corrected chi connectivity index (χ4v) is 4.27. The summed E-state index contributed by atoms with van der Waals surface area (Å²) < 4.78 is 5.03. The highest BCUT2D eigenvalue weighted by molar-refractivity contribution is 5.80. The van der Waals surface area contributed by atoms with E-state index in [9.17, 15) is 4.79 Å². The van der Waals surface area contributed by atoms with Gasteiger partial charge >= 0.3 is 5.97 Å². The first-order chi connectivity index (χ1) is 9.64. The van der Waals surface area contributed by atoms with Gasteiger partial charge < -0.3 is 10.5 Å². The number of hydrogen-bond acceptors (Lipinski definition) is 3. The van der Waals surface area contributed by atoms with Gasteiger partial charge in [0.25, 0.3) is 0 Å². The van der Waals surface area contributed by atoms with Gasteiger partial charge in [0, 0.05) is 0 Å². The highest BCUT2D eigenvalue weighted by Gasteiger charge is 2.39. The Labute approximate surface area is 123 Å². The number of hydrogen-bond donors (Lipinski definition) is 1. The maximum atomic E-state index is 12.2. The lowest BCUT2D eigenvalue weighted by Gasteiger charge is -2.36. The summed E-state index contributed by atoms with van der Waals surface area (Å²) in [5.74, 6) is 1.06. The van der Waals surface area contributed by atoms with E-state index < -0.39 is 5.54 Å². The molecule has 0 aromatic heterocycles. The van der Waals surface area contributed by atoms with Gasteiger partial charge in [0.2, 0.25) is 0 Å². The quantitative estimate of drug-likeness (QED) is 0.780. The second-order valence-corrected chi connectivity index (χ2v) is 7.06. The van der Waals surface area contributed by atoms with Crippen molar-refractivity contribution >= 4 is 5.97 Å². The topological polar surface area (TPSA) is 52.3 Å². The minimum atomic E-state index is -0.737. The van der Waals surface area contributed by atoms with Gasteiger partial charge in [-0.2, -0.15) is 0 Å². The van der Waals surface area contributed by atoms with Crippen molar-refractivity contribution in [3.8, 4) is 0 Å². The zero-order valence-electron chi connectivity index (χ0n) is 13.0. The monoisotopic (exact) mass is 281 g/mol. The summed E-state index contributed by atoms with van der Waals surface area (Å²) in [5, 5.41) is 0. The molecule has 116 valence electrons. The van der Waals surface area contributed by atoms with Crippen molar-refractivity contribution < 1.29 is 9.53 Å². The number of esters is 1. The molecule has 20 heavy (non-hydrogen) atoms. The summed E-state index contributed by atoms with van der Waals surface area (Å²) in [4.78, 5) is 12.2. The molecule has 0 aromatic carbocycles. The molecule has 0 saturated heterocycles. The molecule has 2 aliphatic rings. The standard InChI is InChI=1S/C17H31NO2/c1-20-16(19)17(18,12-14-8-4-2-5-9-14)13-15-10-6-3-7-11-15/h14-15H,2-13,18H2,1H3. The number of carbonyl (C=O) groups is 1. The predicted molar refractivity (Wildman–Crippen MR) is 81.3 cm³/mol. The Morgan fingerprint density at radius 1 is 0.950 bits per heavy atom. The van der Waals surface area contributed by atoms with Crippen LogP contribution in [0.4, 0.5) is 0 Å². The van der Waals surface area contributed by atoms with E-state index in [4.69, 9.17) is 10.5 Å². The minimum Gasteiger partial charge on any atom is -0.468 e. The third-order valence-electron chi connectivity index (χ3n) is 5.35. The van der Waals surface area contributed by atoms with Crippen molar-refractivity contribution in [1.82, 2.24) is 0 Å². The fourth-order valence-electron chi connectivity index (χ4n) is 4.27. The van der Waals surface area contributed by atoms with Crippen LogP contribution in [0.1, 0.15) is 77.0 Å². The van der Waals surface area contributed by atoms with Crippen LogP contribution in [0.25, 0.3) is 0 Å². The van der Waals surface area contributed by atoms with Gasteiger partial charge in [-0.15, -0.1) is 0 Å². The van der Waals surface area contributed by atoms with E-state index in [-0.39, 0.29) is 5.97 Å². The summed E-state index contributed by atoms with van der Waals surface area (Å²) in [6.45, 7) is 0. The average molecular weight is 281 g/mol. The van der Waals surface area contributed by atoms with Crippen molar-refractivity contribution in [3.05, 3.63) is 0 Å². The number of nitrogens with two attached hydrogens (primary N) is 1. The second-order valence-electron chi connectivity index (χ2n) is 7.06. The van der Waals surface area contributed by atoms with Crippen LogP contribution in [0.15, 0.2) is 0 Å². The Kier molecular flexibility index (Phi) is 5.88. The molecule has 0 unspecified atom stereocenters. The van der Waals surface area contributed by atoms with E-state index in [2.05, 4.69) is 0 Å². The van der Waals surface area contributed by atoms with Crippen LogP contribution in [0.2, 0.25) is 0 Å². The molecule has 0 bridgehead atoms. The Morgan fingerprint density at radius 3 is 1.70 bits per heavy atom. The van der Waals surface area contributed by atoms with E-state index in [1.165, 1.54) is 71.3 Å². The summed E-state index contributed by atoms with van der Waals surface area (Å²) in [6, 6.07) is 0. The number of carbonyl (C=O) groups excluding carboxylic acids is 1. The third-order valence-corrected chi connectivity index (χ3v) is 5.35. The maximum Gasteiger partial charge on any atom is 0.325 e. The highest BCUT2D eigenvalue weighted by atomic mass is 16.5. The van der Waals surface area contributed by atoms with E-state index in [0.717, 1.165) is 12.8 Å². The van der Waals surface area contributed by atoms with Crippen LogP contribution in [0.5, 0.6) is 0 Å². The molecular weight excluding hydrogens is 250 g/mol. The Hall–Kier alpha value is -0.570. The van der Waals surface area contributed by atoms with Crippen molar-refractivity contribution in [3.63, 3.8) is 0 Å². The molecule has 0 spiro atoms. The van der Waals surface area contributed by atoms with Gasteiger partial charge in [-0.05, 0) is 24.7 Å². The number of methoxy groups -OCH3 is 1. The summed E-state index contributed by atoms with van der Waals surface area (Å²) >= 11 is 0. The van der Waals surface area contributed by atoms with E-state index in [0.29, 0.717) is 11.8 Å². The van der Waals surface area contributed by atoms with E-state index in [1.54, 1.807) is 0 Å². The summed E-state index contributed by atoms with van der Waals surface area (Å²) in [7, 11) is 1.48. The fraction of sp³-hybridized carbons (Fsp3) is 0.941. The maximum absolute atomic E-state index is 12.2. The normalized spacial score (nSPS) is 22.7. The van der Waals surface area contributed by atoms with Gasteiger partial charge in [-0.3, -0.25) is 4.79 Å². The lowest BCUT2D eigenvalue weighted by atomic mass is 9.73. The molecule has 0 atom stereocenters. The molecule has 0 heterocycles. The molecule has 3 heteroatoms. The van der Waals surface area contributed by atoms with E-state index in [1.807, 2.05) is 0 Å².